The second-order valence-corrected chi connectivity index (χ2v) is 5.31. The van der Waals surface area contributed by atoms with E-state index in [-0.39, 0.29) is 0 Å². The molecule has 1 atom stereocenters. The van der Waals surface area contributed by atoms with Crippen molar-refractivity contribution in [3.8, 4) is 11.5 Å². The molecule has 2 aromatic rings. The summed E-state index contributed by atoms with van der Waals surface area (Å²) in [5, 5.41) is 14.0. The molecular weight excluding hydrogens is 302 g/mol. The number of aliphatic hydroxyl groups excluding tert-OH is 1. The number of hydrogen-bond donors (Lipinski definition) is 2. The number of hydrogen-bond acceptors (Lipinski definition) is 4. The van der Waals surface area contributed by atoms with Crippen LogP contribution in [0.15, 0.2) is 42.5 Å². The van der Waals surface area contributed by atoms with Gasteiger partial charge in [-0.25, -0.2) is 0 Å². The minimum absolute atomic E-state index is 0.433. The highest BCUT2D eigenvalue weighted by Gasteiger charge is 2.09. The molecule has 0 bridgehead atoms. The standard InChI is InChI=1S/C17H20ClNO3/c1-21-15-7-8-17(22-2)13(9-15)10-19-11-16(20)12-3-5-14(18)6-4-12/h3-9,16,19-20H,10-11H2,1-2H3. The molecule has 0 heterocycles. The summed E-state index contributed by atoms with van der Waals surface area (Å²) in [5.41, 5.74) is 1.81. The number of rotatable bonds is 7. The Hall–Kier alpha value is -1.75. The first kappa shape index (κ1) is 16.6. The average molecular weight is 322 g/mol. The average Bonchev–Trinajstić information content (AvgIpc) is 2.55. The molecule has 118 valence electrons. The molecule has 5 heteroatoms. The Bertz CT molecular complexity index is 601. The lowest BCUT2D eigenvalue weighted by Crippen LogP contribution is -2.21. The number of halogens is 1. The smallest absolute Gasteiger partial charge is 0.123 e. The Morgan fingerprint density at radius 1 is 1.09 bits per heavy atom. The van der Waals surface area contributed by atoms with Crippen LogP contribution < -0.4 is 14.8 Å². The minimum Gasteiger partial charge on any atom is -0.497 e. The van der Waals surface area contributed by atoms with Crippen LogP contribution in [0.2, 0.25) is 5.02 Å². The largest absolute Gasteiger partial charge is 0.497 e. The third-order valence-electron chi connectivity index (χ3n) is 3.40. The third kappa shape index (κ3) is 4.37. The van der Waals surface area contributed by atoms with Crippen molar-refractivity contribution in [3.63, 3.8) is 0 Å². The number of benzene rings is 2. The summed E-state index contributed by atoms with van der Waals surface area (Å²) in [4.78, 5) is 0. The van der Waals surface area contributed by atoms with Gasteiger partial charge in [0.15, 0.2) is 0 Å². The van der Waals surface area contributed by atoms with Gasteiger partial charge in [-0.3, -0.25) is 0 Å². The second-order valence-electron chi connectivity index (χ2n) is 4.88. The van der Waals surface area contributed by atoms with Crippen molar-refractivity contribution in [2.24, 2.45) is 0 Å². The molecule has 1 unspecified atom stereocenters. The molecular formula is C17H20ClNO3. The van der Waals surface area contributed by atoms with Crippen LogP contribution in [-0.4, -0.2) is 25.9 Å². The predicted molar refractivity (Wildman–Crippen MR) is 87.7 cm³/mol. The van der Waals surface area contributed by atoms with E-state index in [0.717, 1.165) is 22.6 Å². The molecule has 0 spiro atoms. The Kier molecular flexibility index (Phi) is 6.07. The zero-order chi connectivity index (χ0) is 15.9. The van der Waals surface area contributed by atoms with Gasteiger partial charge in [0.1, 0.15) is 11.5 Å². The maximum Gasteiger partial charge on any atom is 0.123 e. The Morgan fingerprint density at radius 2 is 1.82 bits per heavy atom. The van der Waals surface area contributed by atoms with Gasteiger partial charge in [0.25, 0.3) is 0 Å². The summed E-state index contributed by atoms with van der Waals surface area (Å²) in [7, 11) is 3.26. The molecule has 0 saturated carbocycles. The molecule has 22 heavy (non-hydrogen) atoms. The molecule has 0 amide bonds. The van der Waals surface area contributed by atoms with E-state index in [2.05, 4.69) is 5.32 Å². The highest BCUT2D eigenvalue weighted by atomic mass is 35.5. The van der Waals surface area contributed by atoms with Crippen LogP contribution in [0, 0.1) is 0 Å². The molecule has 2 aromatic carbocycles. The van der Waals surface area contributed by atoms with Crippen LogP contribution in [0.1, 0.15) is 17.2 Å². The highest BCUT2D eigenvalue weighted by Crippen LogP contribution is 2.24. The molecule has 0 fully saturated rings. The van der Waals surface area contributed by atoms with Crippen molar-refractivity contribution < 1.29 is 14.6 Å². The number of aliphatic hydroxyl groups is 1. The lowest BCUT2D eigenvalue weighted by molar-refractivity contribution is 0.174. The van der Waals surface area contributed by atoms with E-state index in [4.69, 9.17) is 21.1 Å². The number of nitrogens with one attached hydrogen (secondary N) is 1. The van der Waals surface area contributed by atoms with Gasteiger partial charge in [-0.15, -0.1) is 0 Å². The molecule has 0 aliphatic carbocycles. The minimum atomic E-state index is -0.589. The van der Waals surface area contributed by atoms with E-state index < -0.39 is 6.10 Å². The predicted octanol–water partition coefficient (Wildman–Crippen LogP) is 3.18. The quantitative estimate of drug-likeness (QED) is 0.822. The number of methoxy groups -OCH3 is 2. The molecule has 0 saturated heterocycles. The van der Waals surface area contributed by atoms with E-state index in [0.29, 0.717) is 18.1 Å². The SMILES string of the molecule is COc1ccc(OC)c(CNCC(O)c2ccc(Cl)cc2)c1. The summed E-state index contributed by atoms with van der Waals surface area (Å²) in [6.07, 6.45) is -0.589. The fraction of sp³-hybridized carbons (Fsp3) is 0.294. The summed E-state index contributed by atoms with van der Waals surface area (Å²) >= 11 is 5.84. The van der Waals surface area contributed by atoms with Crippen molar-refractivity contribution in [1.82, 2.24) is 5.32 Å². The first-order valence-electron chi connectivity index (χ1n) is 6.99. The summed E-state index contributed by atoms with van der Waals surface area (Å²) < 4.78 is 10.5. The van der Waals surface area contributed by atoms with Crippen LogP contribution >= 0.6 is 11.6 Å². The zero-order valence-electron chi connectivity index (χ0n) is 12.7. The monoisotopic (exact) mass is 321 g/mol. The fourth-order valence-electron chi connectivity index (χ4n) is 2.17. The van der Waals surface area contributed by atoms with Gasteiger partial charge < -0.3 is 19.9 Å². The van der Waals surface area contributed by atoms with Crippen molar-refractivity contribution in [1.29, 1.82) is 0 Å². The van der Waals surface area contributed by atoms with Crippen LogP contribution in [-0.2, 0) is 6.54 Å². The normalized spacial score (nSPS) is 12.0. The molecule has 2 rings (SSSR count). The van der Waals surface area contributed by atoms with E-state index in [1.54, 1.807) is 26.4 Å². The molecule has 0 radical (unpaired) electrons. The lowest BCUT2D eigenvalue weighted by atomic mass is 10.1. The van der Waals surface area contributed by atoms with Gasteiger partial charge in [-0.1, -0.05) is 23.7 Å². The first-order valence-corrected chi connectivity index (χ1v) is 7.37. The zero-order valence-corrected chi connectivity index (χ0v) is 13.4. The maximum atomic E-state index is 10.2. The fourth-order valence-corrected chi connectivity index (χ4v) is 2.29. The molecule has 0 aliphatic rings. The maximum absolute atomic E-state index is 10.2. The van der Waals surface area contributed by atoms with E-state index in [9.17, 15) is 5.11 Å². The Labute approximate surface area is 135 Å². The van der Waals surface area contributed by atoms with Gasteiger partial charge in [-0.05, 0) is 35.9 Å². The molecule has 0 aliphatic heterocycles. The van der Waals surface area contributed by atoms with Crippen LogP contribution in [0.4, 0.5) is 0 Å². The van der Waals surface area contributed by atoms with Crippen molar-refractivity contribution in [2.75, 3.05) is 20.8 Å². The summed E-state index contributed by atoms with van der Waals surface area (Å²) in [6.45, 7) is 1.01. The van der Waals surface area contributed by atoms with Gasteiger partial charge in [0.2, 0.25) is 0 Å². The van der Waals surface area contributed by atoms with Gasteiger partial charge in [0, 0.05) is 23.7 Å². The van der Waals surface area contributed by atoms with Crippen LogP contribution in [0.5, 0.6) is 11.5 Å². The number of ether oxygens (including phenoxy) is 2. The van der Waals surface area contributed by atoms with E-state index >= 15 is 0 Å². The summed E-state index contributed by atoms with van der Waals surface area (Å²) in [6, 6.07) is 12.8. The third-order valence-corrected chi connectivity index (χ3v) is 3.65. The molecule has 0 aromatic heterocycles. The van der Waals surface area contributed by atoms with E-state index in [1.165, 1.54) is 0 Å². The van der Waals surface area contributed by atoms with Crippen molar-refractivity contribution >= 4 is 11.6 Å². The second kappa shape index (κ2) is 8.03. The van der Waals surface area contributed by atoms with Crippen LogP contribution in [0.3, 0.4) is 0 Å². The molecule has 4 nitrogen and oxygen atoms in total. The molecule has 2 N–H and O–H groups in total. The van der Waals surface area contributed by atoms with Crippen molar-refractivity contribution in [3.05, 3.63) is 58.6 Å². The van der Waals surface area contributed by atoms with Crippen LogP contribution in [0.25, 0.3) is 0 Å². The van der Waals surface area contributed by atoms with E-state index in [1.807, 2.05) is 30.3 Å². The Morgan fingerprint density at radius 3 is 2.45 bits per heavy atom. The Balaban J connectivity index is 1.94. The van der Waals surface area contributed by atoms with Crippen molar-refractivity contribution in [2.45, 2.75) is 12.6 Å². The highest BCUT2D eigenvalue weighted by molar-refractivity contribution is 6.30. The van der Waals surface area contributed by atoms with Gasteiger partial charge >= 0.3 is 0 Å². The summed E-state index contributed by atoms with van der Waals surface area (Å²) in [5.74, 6) is 1.56. The topological polar surface area (TPSA) is 50.7 Å². The van der Waals surface area contributed by atoms with Gasteiger partial charge in [-0.2, -0.15) is 0 Å². The van der Waals surface area contributed by atoms with Gasteiger partial charge in [0.05, 0.1) is 20.3 Å². The first-order chi connectivity index (χ1) is 10.6. The lowest BCUT2D eigenvalue weighted by Gasteiger charge is -2.14.